The molecule has 0 radical (unpaired) electrons. The van der Waals surface area contributed by atoms with E-state index in [1.54, 1.807) is 0 Å². The van der Waals surface area contributed by atoms with Crippen molar-refractivity contribution in [3.05, 3.63) is 53.6 Å². The summed E-state index contributed by atoms with van der Waals surface area (Å²) in [5.41, 5.74) is 0.0741. The van der Waals surface area contributed by atoms with E-state index in [2.05, 4.69) is 0 Å². The van der Waals surface area contributed by atoms with E-state index in [-0.39, 0.29) is 17.1 Å². The van der Waals surface area contributed by atoms with E-state index in [1.165, 1.54) is 19.1 Å². The monoisotopic (exact) mass is 282 g/mol. The van der Waals surface area contributed by atoms with Gasteiger partial charge in [-0.05, 0) is 36.8 Å². The number of aliphatic carboxylic acids is 1. The predicted molar refractivity (Wildman–Crippen MR) is 65.3 cm³/mol. The van der Waals surface area contributed by atoms with Crippen molar-refractivity contribution in [3.63, 3.8) is 0 Å². The smallest absolute Gasteiger partial charge is 0.328 e. The highest BCUT2D eigenvalue weighted by molar-refractivity contribution is 5.88. The maximum Gasteiger partial charge on any atom is 0.328 e. The van der Waals surface area contributed by atoms with Gasteiger partial charge in [0, 0.05) is 6.08 Å². The summed E-state index contributed by atoms with van der Waals surface area (Å²) in [6, 6.07) is 4.61. The fraction of sp³-hybridized carbons (Fsp3) is 0.0714. The number of benzene rings is 1. The van der Waals surface area contributed by atoms with E-state index < -0.39 is 23.4 Å². The maximum atomic E-state index is 13.6. The normalized spacial score (nSPS) is 11.7. The molecule has 0 atom stereocenters. The minimum absolute atomic E-state index is 0.0189. The van der Waals surface area contributed by atoms with Crippen molar-refractivity contribution < 1.29 is 27.5 Å². The number of carbonyl (C=O) groups is 1. The molecular formula is C14H9F3O3. The number of halogens is 3. The van der Waals surface area contributed by atoms with Gasteiger partial charge in [0.1, 0.15) is 11.5 Å². The predicted octanol–water partition coefficient (Wildman–Crippen LogP) is 3.85. The van der Waals surface area contributed by atoms with Gasteiger partial charge in [-0.15, -0.1) is 0 Å². The molecule has 104 valence electrons. The molecule has 0 unspecified atom stereocenters. The summed E-state index contributed by atoms with van der Waals surface area (Å²) < 4.78 is 44.8. The number of carboxylic acid groups (broad SMARTS) is 1. The Balaban J connectivity index is 2.44. The van der Waals surface area contributed by atoms with Crippen molar-refractivity contribution in [2.24, 2.45) is 0 Å². The molecular weight excluding hydrogens is 273 g/mol. The Hall–Kier alpha value is -2.50. The molecule has 0 amide bonds. The Morgan fingerprint density at radius 2 is 1.85 bits per heavy atom. The van der Waals surface area contributed by atoms with Crippen LogP contribution in [0.25, 0.3) is 16.9 Å². The lowest BCUT2D eigenvalue weighted by atomic mass is 10.1. The van der Waals surface area contributed by atoms with E-state index in [4.69, 9.17) is 9.52 Å². The first-order valence-electron chi connectivity index (χ1n) is 5.55. The number of furan rings is 1. The molecule has 1 N–H and O–H groups in total. The first-order valence-corrected chi connectivity index (χ1v) is 5.55. The highest BCUT2D eigenvalue weighted by atomic mass is 19.2. The first kappa shape index (κ1) is 13.9. The summed E-state index contributed by atoms with van der Waals surface area (Å²) in [6.45, 7) is 1.50. The summed E-state index contributed by atoms with van der Waals surface area (Å²) in [5.74, 6) is -5.20. The Bertz CT molecular complexity index is 702. The molecule has 3 nitrogen and oxygen atoms in total. The highest BCUT2D eigenvalue weighted by Crippen LogP contribution is 2.29. The van der Waals surface area contributed by atoms with Crippen molar-refractivity contribution in [1.82, 2.24) is 0 Å². The third-order valence-electron chi connectivity index (χ3n) is 2.64. The molecule has 2 aromatic rings. The van der Waals surface area contributed by atoms with Crippen LogP contribution in [0.1, 0.15) is 12.7 Å². The van der Waals surface area contributed by atoms with Gasteiger partial charge in [0.2, 0.25) is 0 Å². The fourth-order valence-corrected chi connectivity index (χ4v) is 1.67. The van der Waals surface area contributed by atoms with Gasteiger partial charge >= 0.3 is 5.97 Å². The van der Waals surface area contributed by atoms with Crippen molar-refractivity contribution in [2.75, 3.05) is 0 Å². The van der Waals surface area contributed by atoms with Gasteiger partial charge in [0.05, 0.1) is 5.56 Å². The van der Waals surface area contributed by atoms with Gasteiger partial charge < -0.3 is 9.52 Å². The zero-order valence-electron chi connectivity index (χ0n) is 10.3. The molecule has 1 heterocycles. The quantitative estimate of drug-likeness (QED) is 0.687. The molecule has 1 aromatic heterocycles. The summed E-state index contributed by atoms with van der Waals surface area (Å²) in [4.78, 5) is 10.5. The second-order valence-electron chi connectivity index (χ2n) is 4.05. The number of rotatable bonds is 3. The van der Waals surface area contributed by atoms with E-state index >= 15 is 0 Å². The minimum Gasteiger partial charge on any atom is -0.478 e. The van der Waals surface area contributed by atoms with Gasteiger partial charge in [0.25, 0.3) is 0 Å². The minimum atomic E-state index is -1.58. The number of carboxylic acids is 1. The largest absolute Gasteiger partial charge is 0.478 e. The van der Waals surface area contributed by atoms with E-state index in [0.29, 0.717) is 5.57 Å². The zero-order chi connectivity index (χ0) is 14.9. The highest BCUT2D eigenvalue weighted by Gasteiger charge is 2.17. The van der Waals surface area contributed by atoms with Gasteiger partial charge in [-0.1, -0.05) is 0 Å². The molecule has 0 saturated heterocycles. The van der Waals surface area contributed by atoms with Gasteiger partial charge in [-0.25, -0.2) is 18.0 Å². The molecule has 0 aliphatic carbocycles. The Morgan fingerprint density at radius 3 is 2.50 bits per heavy atom. The molecule has 1 aromatic carbocycles. The van der Waals surface area contributed by atoms with Crippen LogP contribution in [0.5, 0.6) is 0 Å². The number of hydrogen-bond acceptors (Lipinski definition) is 2. The summed E-state index contributed by atoms with van der Waals surface area (Å²) in [6.07, 6.45) is 0.921. The lowest BCUT2D eigenvalue weighted by Gasteiger charge is -2.02. The van der Waals surface area contributed by atoms with E-state index in [1.807, 2.05) is 0 Å². The molecule has 0 saturated carbocycles. The Morgan fingerprint density at radius 1 is 1.15 bits per heavy atom. The topological polar surface area (TPSA) is 50.4 Å². The van der Waals surface area contributed by atoms with Gasteiger partial charge in [-0.2, -0.15) is 0 Å². The van der Waals surface area contributed by atoms with Crippen LogP contribution in [0.15, 0.2) is 34.8 Å². The van der Waals surface area contributed by atoms with Crippen LogP contribution in [-0.4, -0.2) is 11.1 Å². The van der Waals surface area contributed by atoms with Gasteiger partial charge in [0.15, 0.2) is 17.5 Å². The third kappa shape index (κ3) is 2.59. The molecule has 0 aliphatic heterocycles. The Kier molecular flexibility index (Phi) is 3.65. The van der Waals surface area contributed by atoms with Crippen LogP contribution in [0.2, 0.25) is 0 Å². The van der Waals surface area contributed by atoms with Crippen molar-refractivity contribution in [1.29, 1.82) is 0 Å². The SMILES string of the molecule is C/C(=C\C(=O)O)c1ccc(-c2ccc(F)c(F)c2F)o1. The van der Waals surface area contributed by atoms with Crippen LogP contribution in [-0.2, 0) is 4.79 Å². The van der Waals surface area contributed by atoms with Crippen molar-refractivity contribution >= 4 is 11.5 Å². The zero-order valence-corrected chi connectivity index (χ0v) is 10.3. The summed E-state index contributed by atoms with van der Waals surface area (Å²) >= 11 is 0. The number of allylic oxidation sites excluding steroid dienone is 1. The molecule has 0 fully saturated rings. The summed E-state index contributed by atoms with van der Waals surface area (Å²) in [7, 11) is 0. The molecule has 0 spiro atoms. The van der Waals surface area contributed by atoms with Crippen molar-refractivity contribution in [3.8, 4) is 11.3 Å². The maximum absolute atomic E-state index is 13.6. The van der Waals surface area contributed by atoms with E-state index in [0.717, 1.165) is 18.2 Å². The average Bonchev–Trinajstić information content (AvgIpc) is 2.85. The standard InChI is InChI=1S/C14H9F3O3/c1-7(6-12(18)19)10-4-5-11(20-10)8-2-3-9(15)14(17)13(8)16/h2-6H,1H3,(H,18,19)/b7-6+. The van der Waals surface area contributed by atoms with Crippen LogP contribution >= 0.6 is 0 Å². The summed E-state index contributed by atoms with van der Waals surface area (Å²) in [5, 5.41) is 8.61. The second-order valence-corrected chi connectivity index (χ2v) is 4.05. The van der Waals surface area contributed by atoms with Crippen LogP contribution in [0, 0.1) is 17.5 Å². The van der Waals surface area contributed by atoms with Crippen LogP contribution in [0.4, 0.5) is 13.2 Å². The van der Waals surface area contributed by atoms with Crippen molar-refractivity contribution in [2.45, 2.75) is 6.92 Å². The Labute approximate surface area is 112 Å². The van der Waals surface area contributed by atoms with Gasteiger partial charge in [-0.3, -0.25) is 0 Å². The molecule has 0 bridgehead atoms. The molecule has 2 rings (SSSR count). The lowest BCUT2D eigenvalue weighted by Crippen LogP contribution is -1.93. The van der Waals surface area contributed by atoms with E-state index in [9.17, 15) is 18.0 Å². The van der Waals surface area contributed by atoms with Crippen LogP contribution in [0.3, 0.4) is 0 Å². The van der Waals surface area contributed by atoms with Crippen LogP contribution < -0.4 is 0 Å². The first-order chi connectivity index (χ1) is 9.40. The second kappa shape index (κ2) is 5.24. The number of hydrogen-bond donors (Lipinski definition) is 1. The average molecular weight is 282 g/mol. The molecule has 20 heavy (non-hydrogen) atoms. The lowest BCUT2D eigenvalue weighted by molar-refractivity contribution is -0.131. The third-order valence-corrected chi connectivity index (χ3v) is 2.64. The molecule has 0 aliphatic rings. The fourth-order valence-electron chi connectivity index (χ4n) is 1.67. The molecule has 6 heteroatoms.